The molecule has 1 aliphatic rings. The second-order valence-corrected chi connectivity index (χ2v) is 4.03. The number of benzene rings is 1. The Morgan fingerprint density at radius 3 is 3.00 bits per heavy atom. The van der Waals surface area contributed by atoms with Gasteiger partial charge in [0.15, 0.2) is 24.7 Å². The van der Waals surface area contributed by atoms with E-state index in [2.05, 4.69) is 4.74 Å². The second-order valence-electron chi connectivity index (χ2n) is 4.03. The number of esters is 1. The maximum atomic E-state index is 11.7. The number of aliphatic hydroxyl groups is 1. The zero-order chi connectivity index (χ0) is 14.5. The Hall–Kier alpha value is -2.28. The summed E-state index contributed by atoms with van der Waals surface area (Å²) >= 11 is 0. The number of anilines is 1. The van der Waals surface area contributed by atoms with Crippen LogP contribution in [0.2, 0.25) is 0 Å². The first-order valence-corrected chi connectivity index (χ1v) is 6.04. The molecule has 20 heavy (non-hydrogen) atoms. The molecule has 0 fully saturated rings. The van der Waals surface area contributed by atoms with Crippen LogP contribution in [0, 0.1) is 0 Å². The highest BCUT2D eigenvalue weighted by atomic mass is 16.6. The van der Waals surface area contributed by atoms with E-state index in [1.165, 1.54) is 12.0 Å². The SMILES string of the molecule is COC(=O)COc1cccc2c1OCC(=O)N2CCO. The maximum absolute atomic E-state index is 11.7. The van der Waals surface area contributed by atoms with Gasteiger partial charge in [-0.1, -0.05) is 6.07 Å². The van der Waals surface area contributed by atoms with Gasteiger partial charge in [-0.15, -0.1) is 0 Å². The lowest BCUT2D eigenvalue weighted by atomic mass is 10.2. The van der Waals surface area contributed by atoms with Crippen LogP contribution in [0.15, 0.2) is 18.2 Å². The van der Waals surface area contributed by atoms with Gasteiger partial charge in [-0.3, -0.25) is 4.79 Å². The van der Waals surface area contributed by atoms with Gasteiger partial charge in [0.2, 0.25) is 0 Å². The fraction of sp³-hybridized carbons (Fsp3) is 0.385. The van der Waals surface area contributed by atoms with Crippen LogP contribution in [-0.4, -0.2) is 50.5 Å². The van der Waals surface area contributed by atoms with Crippen LogP contribution in [-0.2, 0) is 14.3 Å². The van der Waals surface area contributed by atoms with Crippen LogP contribution < -0.4 is 14.4 Å². The second kappa shape index (κ2) is 6.25. The number of hydrogen-bond donors (Lipinski definition) is 1. The third kappa shape index (κ3) is 2.83. The van der Waals surface area contributed by atoms with E-state index in [-0.39, 0.29) is 32.3 Å². The first-order valence-electron chi connectivity index (χ1n) is 6.04. The summed E-state index contributed by atoms with van der Waals surface area (Å²) in [5.74, 6) is -0.0221. The average Bonchev–Trinajstić information content (AvgIpc) is 2.47. The Labute approximate surface area is 115 Å². The molecule has 7 heteroatoms. The minimum atomic E-state index is -0.512. The van der Waals surface area contributed by atoms with Gasteiger partial charge < -0.3 is 24.2 Å². The van der Waals surface area contributed by atoms with Gasteiger partial charge in [0.05, 0.1) is 19.4 Å². The molecular formula is C13H15NO6. The Morgan fingerprint density at radius 1 is 1.50 bits per heavy atom. The van der Waals surface area contributed by atoms with Gasteiger partial charge in [0.25, 0.3) is 5.91 Å². The van der Waals surface area contributed by atoms with Gasteiger partial charge in [0.1, 0.15) is 0 Å². The topological polar surface area (TPSA) is 85.3 Å². The Kier molecular flexibility index (Phi) is 4.41. The van der Waals surface area contributed by atoms with E-state index >= 15 is 0 Å². The third-order valence-corrected chi connectivity index (χ3v) is 2.79. The molecule has 1 aromatic rings. The molecule has 0 aromatic heterocycles. The molecule has 0 saturated heterocycles. The van der Waals surface area contributed by atoms with Gasteiger partial charge >= 0.3 is 5.97 Å². The number of carbonyl (C=O) groups is 2. The van der Waals surface area contributed by atoms with Crippen molar-refractivity contribution < 1.29 is 28.9 Å². The molecule has 0 radical (unpaired) electrons. The summed E-state index contributed by atoms with van der Waals surface area (Å²) in [6.45, 7) is -0.357. The van der Waals surface area contributed by atoms with Crippen LogP contribution >= 0.6 is 0 Å². The number of nitrogens with zero attached hydrogens (tertiary/aromatic N) is 1. The van der Waals surface area contributed by atoms with E-state index in [1.807, 2.05) is 0 Å². The zero-order valence-corrected chi connectivity index (χ0v) is 11.0. The van der Waals surface area contributed by atoms with E-state index < -0.39 is 5.97 Å². The minimum absolute atomic E-state index is 0.133. The molecule has 0 unspecified atom stereocenters. The predicted octanol–water partition coefficient (Wildman–Crippen LogP) is -0.0439. The molecule has 0 spiro atoms. The summed E-state index contributed by atoms with van der Waals surface area (Å²) in [5, 5.41) is 9.01. The molecular weight excluding hydrogens is 266 g/mol. The first-order chi connectivity index (χ1) is 9.67. The Morgan fingerprint density at radius 2 is 2.30 bits per heavy atom. The van der Waals surface area contributed by atoms with Crippen molar-refractivity contribution in [3.05, 3.63) is 18.2 Å². The highest BCUT2D eigenvalue weighted by molar-refractivity contribution is 5.98. The monoisotopic (exact) mass is 281 g/mol. The number of aliphatic hydroxyl groups excluding tert-OH is 1. The molecule has 1 aromatic carbocycles. The molecule has 1 N–H and O–H groups in total. The number of β-amino-alcohol motifs (C(OH)–C–C–N with tert-alkyl or cyclic N) is 1. The highest BCUT2D eigenvalue weighted by Gasteiger charge is 2.27. The van der Waals surface area contributed by atoms with Crippen molar-refractivity contribution in [3.63, 3.8) is 0 Å². The van der Waals surface area contributed by atoms with Crippen LogP contribution in [0.4, 0.5) is 5.69 Å². The van der Waals surface area contributed by atoms with Crippen molar-refractivity contribution in [2.45, 2.75) is 0 Å². The molecule has 7 nitrogen and oxygen atoms in total. The van der Waals surface area contributed by atoms with E-state index in [4.69, 9.17) is 14.6 Å². The van der Waals surface area contributed by atoms with Gasteiger partial charge in [0, 0.05) is 6.54 Å². The number of methoxy groups -OCH3 is 1. The maximum Gasteiger partial charge on any atom is 0.343 e. The average molecular weight is 281 g/mol. The lowest BCUT2D eigenvalue weighted by Crippen LogP contribution is -2.40. The molecule has 1 amide bonds. The summed E-state index contributed by atoms with van der Waals surface area (Å²) in [6, 6.07) is 5.00. The molecule has 0 bridgehead atoms. The van der Waals surface area contributed by atoms with Crippen molar-refractivity contribution >= 4 is 17.6 Å². The highest BCUT2D eigenvalue weighted by Crippen LogP contribution is 2.40. The molecule has 0 saturated carbocycles. The minimum Gasteiger partial charge on any atom is -0.478 e. The standard InChI is InChI=1S/C13H15NO6/c1-18-12(17)8-19-10-4-2-3-9-13(10)20-7-11(16)14(9)5-6-15/h2-4,15H,5-8H2,1H3. The van der Waals surface area contributed by atoms with E-state index in [1.54, 1.807) is 18.2 Å². The molecule has 0 aliphatic carbocycles. The quantitative estimate of drug-likeness (QED) is 0.762. The lowest BCUT2D eigenvalue weighted by molar-refractivity contribution is -0.143. The normalized spacial score (nSPS) is 13.5. The molecule has 108 valence electrons. The zero-order valence-electron chi connectivity index (χ0n) is 11.0. The number of fused-ring (bicyclic) bond motifs is 1. The van der Waals surface area contributed by atoms with Crippen molar-refractivity contribution in [1.29, 1.82) is 0 Å². The fourth-order valence-corrected chi connectivity index (χ4v) is 1.86. The Bertz CT molecular complexity index is 516. The van der Waals surface area contributed by atoms with Crippen molar-refractivity contribution in [1.82, 2.24) is 0 Å². The Balaban J connectivity index is 2.24. The molecule has 1 heterocycles. The van der Waals surface area contributed by atoms with E-state index in [0.29, 0.717) is 17.2 Å². The van der Waals surface area contributed by atoms with Crippen LogP contribution in [0.5, 0.6) is 11.5 Å². The number of ether oxygens (including phenoxy) is 3. The summed E-state index contributed by atoms with van der Waals surface area (Å²) < 4.78 is 15.2. The third-order valence-electron chi connectivity index (χ3n) is 2.79. The predicted molar refractivity (Wildman–Crippen MR) is 68.9 cm³/mol. The number of carbonyl (C=O) groups excluding carboxylic acids is 2. The number of amides is 1. The van der Waals surface area contributed by atoms with Gasteiger partial charge in [-0.25, -0.2) is 4.79 Å². The molecule has 2 rings (SSSR count). The molecule has 0 atom stereocenters. The van der Waals surface area contributed by atoms with Gasteiger partial charge in [-0.05, 0) is 12.1 Å². The smallest absolute Gasteiger partial charge is 0.343 e. The first kappa shape index (κ1) is 14.1. The summed E-state index contributed by atoms with van der Waals surface area (Å²) in [6.07, 6.45) is 0. The van der Waals surface area contributed by atoms with Crippen LogP contribution in [0.3, 0.4) is 0 Å². The summed E-state index contributed by atoms with van der Waals surface area (Å²) in [4.78, 5) is 24.3. The van der Waals surface area contributed by atoms with Gasteiger partial charge in [-0.2, -0.15) is 0 Å². The number of hydrogen-bond acceptors (Lipinski definition) is 6. The largest absolute Gasteiger partial charge is 0.478 e. The van der Waals surface area contributed by atoms with Crippen LogP contribution in [0.25, 0.3) is 0 Å². The lowest BCUT2D eigenvalue weighted by Gasteiger charge is -2.29. The summed E-state index contributed by atoms with van der Waals surface area (Å²) in [7, 11) is 1.27. The van der Waals surface area contributed by atoms with Crippen molar-refractivity contribution in [3.8, 4) is 11.5 Å². The van der Waals surface area contributed by atoms with Crippen LogP contribution in [0.1, 0.15) is 0 Å². The number of rotatable bonds is 5. The summed E-state index contributed by atoms with van der Waals surface area (Å²) in [5.41, 5.74) is 0.512. The van der Waals surface area contributed by atoms with E-state index in [0.717, 1.165) is 0 Å². The molecule has 1 aliphatic heterocycles. The fourth-order valence-electron chi connectivity index (χ4n) is 1.86. The van der Waals surface area contributed by atoms with Crippen molar-refractivity contribution in [2.75, 3.05) is 38.4 Å². The van der Waals surface area contributed by atoms with E-state index in [9.17, 15) is 9.59 Å². The number of para-hydroxylation sites is 1. The van der Waals surface area contributed by atoms with Crippen molar-refractivity contribution in [2.24, 2.45) is 0 Å².